The van der Waals surface area contributed by atoms with E-state index in [1.165, 1.54) is 0 Å². The van der Waals surface area contributed by atoms with Gasteiger partial charge in [0, 0.05) is 31.2 Å². The van der Waals surface area contributed by atoms with E-state index in [1.807, 2.05) is 36.4 Å². The molecule has 4 nitrogen and oxygen atoms in total. The minimum absolute atomic E-state index is 0.0517. The van der Waals surface area contributed by atoms with Crippen molar-refractivity contribution in [2.45, 2.75) is 38.3 Å². The third-order valence-corrected chi connectivity index (χ3v) is 5.15. The van der Waals surface area contributed by atoms with E-state index < -0.39 is 0 Å². The van der Waals surface area contributed by atoms with Crippen molar-refractivity contribution in [1.29, 1.82) is 0 Å². The van der Waals surface area contributed by atoms with Crippen LogP contribution in [0.5, 0.6) is 0 Å². The average molecular weight is 364 g/mol. The molecule has 142 valence electrons. The molecule has 4 heteroatoms. The van der Waals surface area contributed by atoms with Gasteiger partial charge in [-0.2, -0.15) is 0 Å². The minimum Gasteiger partial charge on any atom is -0.396 e. The van der Waals surface area contributed by atoms with Gasteiger partial charge in [0.1, 0.15) is 0 Å². The van der Waals surface area contributed by atoms with Gasteiger partial charge in [0.25, 0.3) is 5.91 Å². The highest BCUT2D eigenvalue weighted by atomic mass is 16.3. The molecule has 1 aliphatic rings. The monoisotopic (exact) mass is 364 g/mol. The lowest BCUT2D eigenvalue weighted by Gasteiger charge is -2.40. The number of hydrogen-bond donors (Lipinski definition) is 2. The van der Waals surface area contributed by atoms with Crippen molar-refractivity contribution in [2.24, 2.45) is 0 Å². The molecule has 1 heterocycles. The third kappa shape index (κ3) is 4.58. The van der Waals surface area contributed by atoms with E-state index in [-0.39, 0.29) is 24.0 Å². The zero-order valence-corrected chi connectivity index (χ0v) is 16.1. The van der Waals surface area contributed by atoms with Crippen molar-refractivity contribution in [3.05, 3.63) is 83.6 Å². The Bertz CT molecular complexity index is 785. The molecule has 0 aromatic heterocycles. The van der Waals surface area contributed by atoms with Gasteiger partial charge in [0.05, 0.1) is 5.70 Å². The van der Waals surface area contributed by atoms with E-state index in [1.54, 1.807) is 0 Å². The molecule has 1 aliphatic heterocycles. The Morgan fingerprint density at radius 1 is 1.11 bits per heavy atom. The van der Waals surface area contributed by atoms with Crippen molar-refractivity contribution in [1.82, 2.24) is 10.2 Å². The van der Waals surface area contributed by atoms with Gasteiger partial charge in [-0.15, -0.1) is 0 Å². The number of rotatable bonds is 6. The summed E-state index contributed by atoms with van der Waals surface area (Å²) in [5.41, 5.74) is 2.70. The fourth-order valence-electron chi connectivity index (χ4n) is 3.58. The van der Waals surface area contributed by atoms with E-state index in [2.05, 4.69) is 54.4 Å². The molecule has 0 aliphatic carbocycles. The van der Waals surface area contributed by atoms with Crippen LogP contribution in [0.3, 0.4) is 0 Å². The van der Waals surface area contributed by atoms with Crippen molar-refractivity contribution < 1.29 is 9.90 Å². The Balaban J connectivity index is 1.98. The summed E-state index contributed by atoms with van der Waals surface area (Å²) in [6.07, 6.45) is 2.68. The topological polar surface area (TPSA) is 52.6 Å². The van der Waals surface area contributed by atoms with Gasteiger partial charge in [-0.1, -0.05) is 74.5 Å². The summed E-state index contributed by atoms with van der Waals surface area (Å²) >= 11 is 0. The molecule has 3 rings (SSSR count). The maximum Gasteiger partial charge on any atom is 0.267 e. The zero-order valence-electron chi connectivity index (χ0n) is 16.1. The van der Waals surface area contributed by atoms with Crippen LogP contribution in [0.1, 0.15) is 31.4 Å². The third-order valence-electron chi connectivity index (χ3n) is 5.15. The highest BCUT2D eigenvalue weighted by Crippen LogP contribution is 2.29. The summed E-state index contributed by atoms with van der Waals surface area (Å²) in [4.78, 5) is 14.9. The van der Waals surface area contributed by atoms with Crippen molar-refractivity contribution >= 4 is 5.91 Å². The molecule has 1 atom stereocenters. The van der Waals surface area contributed by atoms with Crippen LogP contribution in [0, 0.1) is 0 Å². The highest BCUT2D eigenvalue weighted by Gasteiger charge is 2.32. The number of aliphatic hydroxyl groups is 1. The number of carbonyl (C=O) groups is 1. The Morgan fingerprint density at radius 2 is 1.74 bits per heavy atom. The summed E-state index contributed by atoms with van der Waals surface area (Å²) in [6, 6.07) is 20.5. The van der Waals surface area contributed by atoms with Gasteiger partial charge in [0.15, 0.2) is 0 Å². The first-order chi connectivity index (χ1) is 13.0. The summed E-state index contributed by atoms with van der Waals surface area (Å²) < 4.78 is 0. The number of piperazine rings is 1. The Labute approximate surface area is 161 Å². The summed E-state index contributed by atoms with van der Waals surface area (Å²) in [6.45, 7) is 5.55. The van der Waals surface area contributed by atoms with Crippen LogP contribution >= 0.6 is 0 Å². The first-order valence-corrected chi connectivity index (χ1v) is 9.49. The standard InChI is InChI=1S/C23H28N2O2/c1-23(2,19-11-7-4-8-12-19)15-21-22(27)24-16-20(13-14-26)25(21)17-18-9-5-3-6-10-18/h3-12,15,20,26H,13-14,16-17H2,1-2H3,(H,24,27). The molecule has 1 fully saturated rings. The lowest BCUT2D eigenvalue weighted by atomic mass is 9.83. The van der Waals surface area contributed by atoms with Crippen molar-refractivity contribution in [2.75, 3.05) is 13.2 Å². The molecule has 2 aromatic rings. The molecule has 0 saturated carbocycles. The lowest BCUT2D eigenvalue weighted by molar-refractivity contribution is -0.121. The maximum absolute atomic E-state index is 12.8. The lowest BCUT2D eigenvalue weighted by Crippen LogP contribution is -2.53. The van der Waals surface area contributed by atoms with Crippen LogP contribution in [0.2, 0.25) is 0 Å². The molecule has 1 unspecified atom stereocenters. The summed E-state index contributed by atoms with van der Waals surface area (Å²) in [5.74, 6) is -0.0517. The SMILES string of the molecule is CC(C)(C=C1C(=O)NCC(CCO)N1Cc1ccccc1)c1ccccc1. The molecular formula is C23H28N2O2. The average Bonchev–Trinajstić information content (AvgIpc) is 2.68. The minimum atomic E-state index is -0.288. The van der Waals surface area contributed by atoms with Gasteiger partial charge >= 0.3 is 0 Å². The number of carbonyl (C=O) groups excluding carboxylic acids is 1. The number of nitrogens with one attached hydrogen (secondary N) is 1. The molecule has 1 amide bonds. The fraction of sp³-hybridized carbons (Fsp3) is 0.348. The summed E-state index contributed by atoms with van der Waals surface area (Å²) in [7, 11) is 0. The van der Waals surface area contributed by atoms with Crippen LogP contribution in [0.15, 0.2) is 72.4 Å². The van der Waals surface area contributed by atoms with E-state index in [0.29, 0.717) is 25.2 Å². The fourth-order valence-corrected chi connectivity index (χ4v) is 3.58. The van der Waals surface area contributed by atoms with E-state index in [9.17, 15) is 9.90 Å². The van der Waals surface area contributed by atoms with Gasteiger partial charge < -0.3 is 15.3 Å². The smallest absolute Gasteiger partial charge is 0.267 e. The predicted molar refractivity (Wildman–Crippen MR) is 108 cm³/mol. The molecule has 2 aromatic carbocycles. The number of allylic oxidation sites excluding steroid dienone is 1. The van der Waals surface area contributed by atoms with E-state index in [0.717, 1.165) is 11.1 Å². The van der Waals surface area contributed by atoms with Crippen LogP contribution in [-0.2, 0) is 16.8 Å². The van der Waals surface area contributed by atoms with E-state index in [4.69, 9.17) is 0 Å². The van der Waals surface area contributed by atoms with Gasteiger partial charge in [-0.25, -0.2) is 0 Å². The Kier molecular flexibility index (Phi) is 5.97. The zero-order chi connectivity index (χ0) is 19.3. The molecule has 0 bridgehead atoms. The van der Waals surface area contributed by atoms with Crippen molar-refractivity contribution in [3.8, 4) is 0 Å². The molecular weight excluding hydrogens is 336 g/mol. The first-order valence-electron chi connectivity index (χ1n) is 9.49. The van der Waals surface area contributed by atoms with Gasteiger partial charge in [0.2, 0.25) is 0 Å². The quantitative estimate of drug-likeness (QED) is 0.774. The number of amides is 1. The largest absolute Gasteiger partial charge is 0.396 e. The normalized spacial score (nSPS) is 19.2. The first kappa shape index (κ1) is 19.2. The summed E-state index contributed by atoms with van der Waals surface area (Å²) in [5, 5.41) is 12.5. The number of benzene rings is 2. The number of hydrogen-bond acceptors (Lipinski definition) is 3. The molecule has 2 N–H and O–H groups in total. The van der Waals surface area contributed by atoms with Crippen LogP contribution < -0.4 is 5.32 Å². The molecule has 0 radical (unpaired) electrons. The molecule has 27 heavy (non-hydrogen) atoms. The second-order valence-corrected chi connectivity index (χ2v) is 7.61. The van der Waals surface area contributed by atoms with Gasteiger partial charge in [-0.3, -0.25) is 4.79 Å². The van der Waals surface area contributed by atoms with Crippen LogP contribution in [-0.4, -0.2) is 35.1 Å². The molecule has 0 spiro atoms. The molecule has 1 saturated heterocycles. The second kappa shape index (κ2) is 8.40. The maximum atomic E-state index is 12.8. The number of aliphatic hydroxyl groups excluding tert-OH is 1. The predicted octanol–water partition coefficient (Wildman–Crippen LogP) is 3.23. The van der Waals surface area contributed by atoms with E-state index >= 15 is 0 Å². The van der Waals surface area contributed by atoms with Crippen molar-refractivity contribution in [3.63, 3.8) is 0 Å². The number of nitrogens with zero attached hydrogens (tertiary/aromatic N) is 1. The Morgan fingerprint density at radius 3 is 2.37 bits per heavy atom. The Hall–Kier alpha value is -2.59. The van der Waals surface area contributed by atoms with Crippen LogP contribution in [0.4, 0.5) is 0 Å². The van der Waals surface area contributed by atoms with Gasteiger partial charge in [-0.05, 0) is 23.6 Å². The van der Waals surface area contributed by atoms with Crippen LogP contribution in [0.25, 0.3) is 0 Å². The highest BCUT2D eigenvalue weighted by molar-refractivity contribution is 5.94. The second-order valence-electron chi connectivity index (χ2n) is 7.61.